The smallest absolute Gasteiger partial charge is 0.303 e. The van der Waals surface area contributed by atoms with Crippen molar-refractivity contribution in [3.05, 3.63) is 11.6 Å². The highest BCUT2D eigenvalue weighted by molar-refractivity contribution is 6.26. The number of ketones is 2. The number of allylic oxidation sites excluding steroid dienone is 1. The molecule has 0 aliphatic heterocycles. The maximum atomic E-state index is 13.5. The summed E-state index contributed by atoms with van der Waals surface area (Å²) in [7, 11) is 1.50. The molecule has 0 amide bonds. The molecule has 4 aliphatic rings. The zero-order valence-corrected chi connectivity index (χ0v) is 20.7. The first kappa shape index (κ1) is 24.8. The molecular formula is C25H35ClO7. The van der Waals surface area contributed by atoms with Gasteiger partial charge in [0, 0.05) is 31.3 Å². The number of aliphatic hydroxyl groups excluding tert-OH is 1. The minimum absolute atomic E-state index is 0.0348. The van der Waals surface area contributed by atoms with Crippen LogP contribution in [-0.2, 0) is 28.6 Å². The summed E-state index contributed by atoms with van der Waals surface area (Å²) in [5.74, 6) is -0.717. The van der Waals surface area contributed by atoms with Gasteiger partial charge in [0.25, 0.3) is 0 Å². The zero-order chi connectivity index (χ0) is 24.2. The summed E-state index contributed by atoms with van der Waals surface area (Å²) in [6.07, 6.45) is 4.85. The van der Waals surface area contributed by atoms with Crippen LogP contribution in [0, 0.1) is 22.7 Å². The Balaban J connectivity index is 1.74. The molecule has 8 heteroatoms. The summed E-state index contributed by atoms with van der Waals surface area (Å²) in [6.45, 7) is 4.91. The number of fused-ring (bicyclic) bond motifs is 5. The number of ether oxygens (including phenoxy) is 3. The van der Waals surface area contributed by atoms with Crippen LogP contribution in [-0.4, -0.2) is 59.7 Å². The number of hydrogen-bond acceptors (Lipinski definition) is 7. The standard InChI is InChI=1S/C25H35ClO7/c1-15(27)32-13-21(30)24(33-14-31-4)10-8-18-19-6-5-16-11-17(28)7-9-22(16,2)25(19,26)20(29)12-23(18,24)3/h11,18-20,29H,5-10,12-14H2,1-4H3/t18-,19-,20-,22-,23-,24-,25-/m0/s1. The van der Waals surface area contributed by atoms with Crippen LogP contribution < -0.4 is 0 Å². The van der Waals surface area contributed by atoms with Gasteiger partial charge in [0.1, 0.15) is 12.4 Å². The van der Waals surface area contributed by atoms with Crippen molar-refractivity contribution in [2.24, 2.45) is 22.7 Å². The van der Waals surface area contributed by atoms with E-state index in [1.807, 2.05) is 6.92 Å². The highest BCUT2D eigenvalue weighted by Crippen LogP contribution is 2.71. The van der Waals surface area contributed by atoms with E-state index in [1.54, 1.807) is 6.08 Å². The molecule has 7 nitrogen and oxygen atoms in total. The van der Waals surface area contributed by atoms with Gasteiger partial charge in [-0.05, 0) is 56.4 Å². The van der Waals surface area contributed by atoms with Crippen LogP contribution in [0.1, 0.15) is 65.7 Å². The molecule has 0 spiro atoms. The van der Waals surface area contributed by atoms with Crippen LogP contribution in [0.4, 0.5) is 0 Å². The second-order valence-electron chi connectivity index (χ2n) is 10.7. The lowest BCUT2D eigenvalue weighted by Crippen LogP contribution is -2.69. The second-order valence-corrected chi connectivity index (χ2v) is 11.4. The minimum atomic E-state index is -1.23. The van der Waals surface area contributed by atoms with E-state index in [0.29, 0.717) is 25.7 Å². The number of aliphatic hydroxyl groups is 1. The molecule has 0 saturated heterocycles. The highest BCUT2D eigenvalue weighted by atomic mass is 35.5. The van der Waals surface area contributed by atoms with Crippen molar-refractivity contribution in [1.82, 2.24) is 0 Å². The molecule has 0 aromatic rings. The summed E-state index contributed by atoms with van der Waals surface area (Å²) >= 11 is 7.48. The van der Waals surface area contributed by atoms with Crippen molar-refractivity contribution in [1.29, 1.82) is 0 Å². The molecule has 0 aromatic carbocycles. The fourth-order valence-corrected chi connectivity index (χ4v) is 8.33. The number of halogens is 1. The molecule has 0 aromatic heterocycles. The third-order valence-corrected chi connectivity index (χ3v) is 10.4. The number of rotatable bonds is 6. The molecule has 0 radical (unpaired) electrons. The fourth-order valence-electron chi connectivity index (χ4n) is 7.78. The van der Waals surface area contributed by atoms with E-state index in [9.17, 15) is 19.5 Å². The lowest BCUT2D eigenvalue weighted by molar-refractivity contribution is -0.213. The first-order valence-corrected chi connectivity index (χ1v) is 12.2. The Labute approximate surface area is 200 Å². The van der Waals surface area contributed by atoms with Crippen LogP contribution in [0.15, 0.2) is 11.6 Å². The van der Waals surface area contributed by atoms with E-state index < -0.39 is 33.4 Å². The number of methoxy groups -OCH3 is 1. The maximum absolute atomic E-state index is 13.5. The number of esters is 1. The van der Waals surface area contributed by atoms with E-state index in [-0.39, 0.29) is 43.2 Å². The maximum Gasteiger partial charge on any atom is 0.303 e. The lowest BCUT2D eigenvalue weighted by atomic mass is 9.45. The van der Waals surface area contributed by atoms with Gasteiger partial charge in [0.15, 0.2) is 12.4 Å². The van der Waals surface area contributed by atoms with Crippen molar-refractivity contribution >= 4 is 29.1 Å². The molecule has 0 bridgehead atoms. The van der Waals surface area contributed by atoms with E-state index in [1.165, 1.54) is 14.0 Å². The molecule has 4 rings (SSSR count). The van der Waals surface area contributed by atoms with Crippen LogP contribution >= 0.6 is 11.6 Å². The van der Waals surface area contributed by atoms with Gasteiger partial charge < -0.3 is 19.3 Å². The van der Waals surface area contributed by atoms with Crippen LogP contribution in [0.5, 0.6) is 0 Å². The SMILES string of the molecule is COCO[C@]1(C(=O)COC(C)=O)CC[C@H]2[C@@H]3CCC4=CC(=O)CC[C@]4(C)[C@@]3(Cl)[C@@H](O)C[C@@]21C. The third-order valence-electron chi connectivity index (χ3n) is 9.44. The third kappa shape index (κ3) is 3.37. The van der Waals surface area contributed by atoms with Gasteiger partial charge in [0.05, 0.1) is 11.0 Å². The van der Waals surface area contributed by atoms with Gasteiger partial charge in [-0.25, -0.2) is 0 Å². The Morgan fingerprint density at radius 1 is 1.18 bits per heavy atom. The number of carbonyl (C=O) groups is 3. The van der Waals surface area contributed by atoms with Gasteiger partial charge in [-0.15, -0.1) is 11.6 Å². The van der Waals surface area contributed by atoms with Crippen molar-refractivity contribution in [2.75, 3.05) is 20.5 Å². The number of hydrogen-bond donors (Lipinski definition) is 1. The second kappa shape index (κ2) is 8.43. The monoisotopic (exact) mass is 482 g/mol. The summed E-state index contributed by atoms with van der Waals surface area (Å²) in [4.78, 5) is 36.1. The number of carbonyl (C=O) groups excluding carboxylic acids is 3. The molecule has 0 heterocycles. The molecular weight excluding hydrogens is 448 g/mol. The predicted octanol–water partition coefficient (Wildman–Crippen LogP) is 3.34. The summed E-state index contributed by atoms with van der Waals surface area (Å²) < 4.78 is 16.4. The largest absolute Gasteiger partial charge is 0.458 e. The Bertz CT molecular complexity index is 886. The Morgan fingerprint density at radius 2 is 1.91 bits per heavy atom. The Hall–Kier alpha value is -1.28. The Kier molecular flexibility index (Phi) is 6.35. The lowest BCUT2D eigenvalue weighted by Gasteiger charge is -2.65. The summed E-state index contributed by atoms with van der Waals surface area (Å²) in [6, 6.07) is 0. The molecule has 4 aliphatic carbocycles. The fraction of sp³-hybridized carbons (Fsp3) is 0.800. The zero-order valence-electron chi connectivity index (χ0n) is 19.9. The predicted molar refractivity (Wildman–Crippen MR) is 121 cm³/mol. The summed E-state index contributed by atoms with van der Waals surface area (Å²) in [5.41, 5.74) is -1.37. The molecule has 33 heavy (non-hydrogen) atoms. The van der Waals surface area contributed by atoms with Crippen LogP contribution in [0.25, 0.3) is 0 Å². The molecule has 7 atom stereocenters. The normalized spacial score (nSPS) is 44.4. The van der Waals surface area contributed by atoms with Crippen molar-refractivity contribution in [3.8, 4) is 0 Å². The molecule has 3 saturated carbocycles. The van der Waals surface area contributed by atoms with E-state index in [0.717, 1.165) is 18.4 Å². The molecule has 0 unspecified atom stereocenters. The minimum Gasteiger partial charge on any atom is -0.458 e. The average Bonchev–Trinajstić information content (AvgIpc) is 3.05. The van der Waals surface area contributed by atoms with Crippen LogP contribution in [0.2, 0.25) is 0 Å². The van der Waals surface area contributed by atoms with Crippen molar-refractivity contribution in [2.45, 2.75) is 82.3 Å². The van der Waals surface area contributed by atoms with Crippen LogP contribution in [0.3, 0.4) is 0 Å². The van der Waals surface area contributed by atoms with Crippen molar-refractivity contribution in [3.63, 3.8) is 0 Å². The summed E-state index contributed by atoms with van der Waals surface area (Å²) in [5, 5.41) is 11.7. The first-order chi connectivity index (χ1) is 15.5. The quantitative estimate of drug-likeness (QED) is 0.352. The van der Waals surface area contributed by atoms with Gasteiger partial charge in [-0.3, -0.25) is 14.4 Å². The van der Waals surface area contributed by atoms with E-state index >= 15 is 0 Å². The average molecular weight is 483 g/mol. The van der Waals surface area contributed by atoms with E-state index in [4.69, 9.17) is 25.8 Å². The topological polar surface area (TPSA) is 99.1 Å². The molecule has 184 valence electrons. The van der Waals surface area contributed by atoms with Gasteiger partial charge >= 0.3 is 5.97 Å². The van der Waals surface area contributed by atoms with Gasteiger partial charge in [-0.2, -0.15) is 0 Å². The Morgan fingerprint density at radius 3 is 2.58 bits per heavy atom. The highest BCUT2D eigenvalue weighted by Gasteiger charge is 2.74. The van der Waals surface area contributed by atoms with Crippen molar-refractivity contribution < 1.29 is 33.7 Å². The first-order valence-electron chi connectivity index (χ1n) is 11.9. The number of Topliss-reactive ketones (excluding diaryl/α,β-unsaturated/α-hetero) is 1. The molecule has 3 fully saturated rings. The van der Waals surface area contributed by atoms with Gasteiger partial charge in [0.2, 0.25) is 5.78 Å². The van der Waals surface area contributed by atoms with E-state index in [2.05, 4.69) is 6.92 Å². The number of alkyl halides is 1. The van der Waals surface area contributed by atoms with Gasteiger partial charge in [-0.1, -0.05) is 19.4 Å². The molecule has 1 N–H and O–H groups in total.